The molecule has 148 valence electrons. The van der Waals surface area contributed by atoms with Gasteiger partial charge in [-0.3, -0.25) is 4.55 Å². The van der Waals surface area contributed by atoms with Crippen LogP contribution in [0, 0.1) is 0 Å². The molecule has 0 aliphatic carbocycles. The maximum atomic E-state index is 10.9. The highest BCUT2D eigenvalue weighted by atomic mass is 35.5. The first-order valence-electron chi connectivity index (χ1n) is 8.20. The molecule has 0 aliphatic rings. The molecule has 5 N–H and O–H groups in total. The first kappa shape index (κ1) is 22.0. The predicted molar refractivity (Wildman–Crippen MR) is 107 cm³/mol. The van der Waals surface area contributed by atoms with E-state index in [4.69, 9.17) is 21.9 Å². The third-order valence-corrected chi connectivity index (χ3v) is 6.19. The quantitative estimate of drug-likeness (QED) is 0.450. The average Bonchev–Trinajstić information content (AvgIpc) is 2.59. The van der Waals surface area contributed by atoms with Crippen LogP contribution in [0.25, 0.3) is 0 Å². The van der Waals surface area contributed by atoms with Crippen molar-refractivity contribution in [1.82, 2.24) is 0 Å². The second-order valence-corrected chi connectivity index (χ2v) is 9.54. The Morgan fingerprint density at radius 1 is 1.11 bits per heavy atom. The van der Waals surface area contributed by atoms with Crippen LogP contribution in [0.3, 0.4) is 0 Å². The minimum atomic E-state index is -4.13. The summed E-state index contributed by atoms with van der Waals surface area (Å²) in [6, 6.07) is 12.5. The summed E-state index contributed by atoms with van der Waals surface area (Å²) in [4.78, 5) is 1.78. The highest BCUT2D eigenvalue weighted by Gasteiger charge is 2.26. The Balaban J connectivity index is 2.02. The summed E-state index contributed by atoms with van der Waals surface area (Å²) in [6.07, 6.45) is 0.724. The molecule has 0 saturated carbocycles. The van der Waals surface area contributed by atoms with Crippen LogP contribution in [0.4, 0.5) is 0 Å². The second-order valence-electron chi connectivity index (χ2n) is 6.41. The highest BCUT2D eigenvalue weighted by molar-refractivity contribution is 7.99. The van der Waals surface area contributed by atoms with Gasteiger partial charge in [-0.15, -0.1) is 0 Å². The third-order valence-electron chi connectivity index (χ3n) is 4.14. The van der Waals surface area contributed by atoms with Gasteiger partial charge in [0.15, 0.2) is 0 Å². The van der Waals surface area contributed by atoms with Gasteiger partial charge in [-0.1, -0.05) is 35.5 Å². The Hall–Kier alpha value is -1.29. The predicted octanol–water partition coefficient (Wildman–Crippen LogP) is 3.10. The fraction of sp³-hybridized carbons (Fsp3) is 0.333. The number of phenols is 1. The Morgan fingerprint density at radius 3 is 2.41 bits per heavy atom. The molecule has 1 atom stereocenters. The van der Waals surface area contributed by atoms with Crippen LogP contribution in [0.2, 0.25) is 5.02 Å². The van der Waals surface area contributed by atoms with Gasteiger partial charge in [0.05, 0.1) is 12.4 Å². The third kappa shape index (κ3) is 7.33. The van der Waals surface area contributed by atoms with Gasteiger partial charge in [0.25, 0.3) is 10.1 Å². The maximum Gasteiger partial charge on any atom is 0.264 e. The van der Waals surface area contributed by atoms with Crippen LogP contribution >= 0.6 is 23.4 Å². The number of rotatable bonds is 9. The summed E-state index contributed by atoms with van der Waals surface area (Å²) in [6.45, 7) is -0.397. The van der Waals surface area contributed by atoms with Gasteiger partial charge >= 0.3 is 0 Å². The Labute approximate surface area is 168 Å². The molecule has 0 fully saturated rings. The van der Waals surface area contributed by atoms with Crippen molar-refractivity contribution in [2.75, 3.05) is 12.4 Å². The van der Waals surface area contributed by atoms with Gasteiger partial charge in [-0.05, 0) is 55.2 Å². The van der Waals surface area contributed by atoms with Gasteiger partial charge in [0.2, 0.25) is 0 Å². The molecule has 0 bridgehead atoms. The van der Waals surface area contributed by atoms with E-state index in [1.54, 1.807) is 24.3 Å². The number of nitrogens with two attached hydrogens (primary N) is 1. The lowest BCUT2D eigenvalue weighted by molar-refractivity contribution is 0.183. The van der Waals surface area contributed by atoms with Crippen LogP contribution in [-0.4, -0.2) is 41.1 Å². The van der Waals surface area contributed by atoms with E-state index >= 15 is 0 Å². The van der Waals surface area contributed by atoms with E-state index in [9.17, 15) is 18.6 Å². The molecule has 0 radical (unpaired) electrons. The monoisotopic (exact) mass is 431 g/mol. The maximum absolute atomic E-state index is 10.9. The summed E-state index contributed by atoms with van der Waals surface area (Å²) >= 11 is 7.81. The SMILES string of the molecule is NC(CO)(CCc1ccc(Sc2cccc(O)c2)cc1Cl)CCS(=O)(=O)O. The lowest BCUT2D eigenvalue weighted by atomic mass is 9.90. The van der Waals surface area contributed by atoms with Gasteiger partial charge < -0.3 is 15.9 Å². The van der Waals surface area contributed by atoms with Crippen molar-refractivity contribution in [3.63, 3.8) is 0 Å². The smallest absolute Gasteiger partial charge is 0.264 e. The van der Waals surface area contributed by atoms with Crippen molar-refractivity contribution in [2.45, 2.75) is 34.6 Å². The Morgan fingerprint density at radius 2 is 1.81 bits per heavy atom. The lowest BCUT2D eigenvalue weighted by Gasteiger charge is -2.27. The van der Waals surface area contributed by atoms with E-state index in [0.717, 1.165) is 15.4 Å². The number of aryl methyl sites for hydroxylation is 1. The normalized spacial score (nSPS) is 14.1. The summed E-state index contributed by atoms with van der Waals surface area (Å²) in [7, 11) is -4.13. The standard InChI is InChI=1S/C18H22ClNO5S2/c19-17-11-16(26-15-3-1-2-14(22)10-15)5-4-13(17)6-7-18(20,12-21)8-9-27(23,24)25/h1-5,10-11,21-22H,6-9,12,20H2,(H,23,24,25). The first-order valence-corrected chi connectivity index (χ1v) is 11.0. The zero-order chi connectivity index (χ0) is 20.1. The van der Waals surface area contributed by atoms with Crippen molar-refractivity contribution in [2.24, 2.45) is 5.73 Å². The molecule has 0 heterocycles. The minimum absolute atomic E-state index is 0.0502. The van der Waals surface area contributed by atoms with Gasteiger partial charge in [-0.25, -0.2) is 0 Å². The second kappa shape index (κ2) is 9.27. The fourth-order valence-electron chi connectivity index (χ4n) is 2.48. The summed E-state index contributed by atoms with van der Waals surface area (Å²) in [5, 5.41) is 19.6. The van der Waals surface area contributed by atoms with E-state index in [1.807, 2.05) is 18.2 Å². The molecule has 27 heavy (non-hydrogen) atoms. The molecule has 2 aromatic rings. The largest absolute Gasteiger partial charge is 0.508 e. The van der Waals surface area contributed by atoms with Crippen LogP contribution in [0.1, 0.15) is 18.4 Å². The molecular weight excluding hydrogens is 410 g/mol. The van der Waals surface area contributed by atoms with E-state index in [1.165, 1.54) is 11.8 Å². The Kier molecular flexibility index (Phi) is 7.55. The number of halogens is 1. The summed E-state index contributed by atoms with van der Waals surface area (Å²) < 4.78 is 30.7. The summed E-state index contributed by atoms with van der Waals surface area (Å²) in [5.74, 6) is -0.312. The number of aliphatic hydroxyl groups excluding tert-OH is 1. The number of hydrogen-bond donors (Lipinski definition) is 4. The lowest BCUT2D eigenvalue weighted by Crippen LogP contribution is -2.45. The number of benzene rings is 2. The van der Waals surface area contributed by atoms with Crippen LogP contribution in [0.5, 0.6) is 5.75 Å². The fourth-order valence-corrected chi connectivity index (χ4v) is 4.39. The minimum Gasteiger partial charge on any atom is -0.508 e. The van der Waals surface area contributed by atoms with E-state index in [2.05, 4.69) is 0 Å². The molecule has 0 amide bonds. The van der Waals surface area contributed by atoms with Crippen LogP contribution < -0.4 is 5.73 Å². The molecule has 0 spiro atoms. The van der Waals surface area contributed by atoms with Crippen LogP contribution in [0.15, 0.2) is 52.3 Å². The molecule has 0 saturated heterocycles. The molecule has 0 aliphatic heterocycles. The average molecular weight is 432 g/mol. The zero-order valence-electron chi connectivity index (χ0n) is 14.5. The first-order chi connectivity index (χ1) is 12.6. The number of aliphatic hydroxyl groups is 1. The van der Waals surface area contributed by atoms with Crippen molar-refractivity contribution in [3.05, 3.63) is 53.1 Å². The Bertz CT molecular complexity index is 891. The van der Waals surface area contributed by atoms with Crippen molar-refractivity contribution >= 4 is 33.5 Å². The van der Waals surface area contributed by atoms with Crippen LogP contribution in [-0.2, 0) is 16.5 Å². The molecule has 9 heteroatoms. The van der Waals surface area contributed by atoms with E-state index in [0.29, 0.717) is 17.9 Å². The molecule has 0 aromatic heterocycles. The highest BCUT2D eigenvalue weighted by Crippen LogP contribution is 2.33. The van der Waals surface area contributed by atoms with Crippen molar-refractivity contribution in [1.29, 1.82) is 0 Å². The van der Waals surface area contributed by atoms with Gasteiger partial charge in [0.1, 0.15) is 5.75 Å². The van der Waals surface area contributed by atoms with Gasteiger partial charge in [-0.2, -0.15) is 8.42 Å². The summed E-state index contributed by atoms with van der Waals surface area (Å²) in [5.41, 5.74) is 5.76. The van der Waals surface area contributed by atoms with Gasteiger partial charge in [0, 0.05) is 20.4 Å². The number of phenolic OH excluding ortho intramolecular Hbond substituents is 1. The van der Waals surface area contributed by atoms with Crippen molar-refractivity contribution < 1.29 is 23.2 Å². The van der Waals surface area contributed by atoms with E-state index in [-0.39, 0.29) is 12.2 Å². The van der Waals surface area contributed by atoms with Crippen molar-refractivity contribution in [3.8, 4) is 5.75 Å². The molecule has 6 nitrogen and oxygen atoms in total. The molecular formula is C18H22ClNO5S2. The molecule has 2 aromatic carbocycles. The zero-order valence-corrected chi connectivity index (χ0v) is 16.9. The number of aromatic hydroxyl groups is 1. The topological polar surface area (TPSA) is 121 Å². The van der Waals surface area contributed by atoms with E-state index < -0.39 is 28.0 Å². The molecule has 2 rings (SSSR count). The molecule has 1 unspecified atom stereocenters. The number of hydrogen-bond acceptors (Lipinski definition) is 6.